The van der Waals surface area contributed by atoms with Crippen molar-refractivity contribution in [2.45, 2.75) is 37.8 Å². The van der Waals surface area contributed by atoms with Crippen LogP contribution in [0.1, 0.15) is 19.4 Å². The van der Waals surface area contributed by atoms with Crippen LogP contribution in [0.3, 0.4) is 0 Å². The molecule has 0 radical (unpaired) electrons. The van der Waals surface area contributed by atoms with Crippen LogP contribution in [-0.2, 0) is 14.8 Å². The highest BCUT2D eigenvalue weighted by Crippen LogP contribution is 2.20. The van der Waals surface area contributed by atoms with E-state index in [1.54, 1.807) is 37.3 Å². The summed E-state index contributed by atoms with van der Waals surface area (Å²) in [5, 5.41) is 12.2. The number of rotatable bonds is 11. The van der Waals surface area contributed by atoms with Gasteiger partial charge in [0, 0.05) is 33.2 Å². The predicted molar refractivity (Wildman–Crippen MR) is 130 cm³/mol. The van der Waals surface area contributed by atoms with Crippen molar-refractivity contribution in [3.63, 3.8) is 0 Å². The molecule has 2 amide bonds. The van der Waals surface area contributed by atoms with E-state index in [-0.39, 0.29) is 36.2 Å². The minimum absolute atomic E-state index is 0.0301. The largest absolute Gasteiger partial charge is 0.394 e. The molecule has 0 aliphatic carbocycles. The molecule has 0 aliphatic heterocycles. The molecule has 10 heteroatoms. The number of carbonyl (C=O) groups excluding carboxylic acids is 1. The number of carbonyl (C=O) groups is 1. The second kappa shape index (κ2) is 12.3. The van der Waals surface area contributed by atoms with Crippen LogP contribution in [0.25, 0.3) is 0 Å². The number of nitrogens with zero attached hydrogens (tertiary/aromatic N) is 2. The standard InChI is InChI=1S/C24H34FN3O5S/c1-17-10-12-20(13-11-17)34(31,32)27(4)15-23(33-5)18(2)14-28(19(3)16-29)24(30)26-22-9-7-6-8-21(22)25/h6-13,18-19,23,29H,14-16H2,1-5H3,(H,26,30)/t18-,19+,23+/m0/s1. The summed E-state index contributed by atoms with van der Waals surface area (Å²) in [6, 6.07) is 11.3. The molecule has 0 unspecified atom stereocenters. The third-order valence-corrected chi connectivity index (χ3v) is 7.60. The fraction of sp³-hybridized carbons (Fsp3) is 0.458. The minimum atomic E-state index is -3.73. The Kier molecular flexibility index (Phi) is 9.99. The zero-order valence-electron chi connectivity index (χ0n) is 20.2. The molecule has 0 heterocycles. The van der Waals surface area contributed by atoms with E-state index in [1.807, 2.05) is 13.8 Å². The maximum atomic E-state index is 14.0. The Bertz CT molecular complexity index is 1050. The van der Waals surface area contributed by atoms with Crippen molar-refractivity contribution in [2.75, 3.05) is 39.2 Å². The molecule has 2 N–H and O–H groups in total. The summed E-state index contributed by atoms with van der Waals surface area (Å²) in [6.07, 6.45) is -0.542. The lowest BCUT2D eigenvalue weighted by Crippen LogP contribution is -2.49. The topological polar surface area (TPSA) is 99.2 Å². The monoisotopic (exact) mass is 495 g/mol. The van der Waals surface area contributed by atoms with Crippen molar-refractivity contribution in [1.29, 1.82) is 0 Å². The van der Waals surface area contributed by atoms with Gasteiger partial charge in [-0.2, -0.15) is 4.31 Å². The van der Waals surface area contributed by atoms with E-state index in [2.05, 4.69) is 5.32 Å². The van der Waals surface area contributed by atoms with Crippen molar-refractivity contribution >= 4 is 21.7 Å². The smallest absolute Gasteiger partial charge is 0.322 e. The van der Waals surface area contributed by atoms with E-state index in [0.29, 0.717) is 0 Å². The summed E-state index contributed by atoms with van der Waals surface area (Å²) in [6.45, 7) is 5.29. The molecule has 0 aromatic heterocycles. The number of likely N-dealkylation sites (N-methyl/N-ethyl adjacent to an activating group) is 1. The maximum absolute atomic E-state index is 14.0. The molecule has 0 saturated carbocycles. The number of sulfonamides is 1. The second-order valence-corrected chi connectivity index (χ2v) is 10.5. The zero-order valence-corrected chi connectivity index (χ0v) is 21.0. The SMILES string of the molecule is CO[C@H](CN(C)S(=O)(=O)c1ccc(C)cc1)[C@@H](C)CN(C(=O)Nc1ccccc1F)[C@H](C)CO. The van der Waals surface area contributed by atoms with E-state index in [1.165, 1.54) is 41.6 Å². The minimum Gasteiger partial charge on any atom is -0.394 e. The summed E-state index contributed by atoms with van der Waals surface area (Å²) in [4.78, 5) is 14.5. The molecule has 0 saturated heterocycles. The van der Waals surface area contributed by atoms with Crippen molar-refractivity contribution in [1.82, 2.24) is 9.21 Å². The van der Waals surface area contributed by atoms with Gasteiger partial charge >= 0.3 is 6.03 Å². The number of para-hydroxylation sites is 1. The first-order valence-electron chi connectivity index (χ1n) is 11.0. The number of nitrogens with one attached hydrogen (secondary N) is 1. The Balaban J connectivity index is 2.14. The van der Waals surface area contributed by atoms with Gasteiger partial charge in [-0.05, 0) is 38.1 Å². The summed E-state index contributed by atoms with van der Waals surface area (Å²) in [5.74, 6) is -0.876. The Hall–Kier alpha value is -2.53. The number of urea groups is 1. The second-order valence-electron chi connectivity index (χ2n) is 8.44. The number of anilines is 1. The third kappa shape index (κ3) is 6.99. The maximum Gasteiger partial charge on any atom is 0.322 e. The average Bonchev–Trinajstić information content (AvgIpc) is 2.81. The highest BCUT2D eigenvalue weighted by molar-refractivity contribution is 7.89. The molecule has 0 bridgehead atoms. The van der Waals surface area contributed by atoms with Crippen LogP contribution in [0.15, 0.2) is 53.4 Å². The van der Waals surface area contributed by atoms with Crippen LogP contribution in [0.2, 0.25) is 0 Å². The van der Waals surface area contributed by atoms with Gasteiger partial charge in [-0.3, -0.25) is 0 Å². The molecule has 3 atom stereocenters. The molecule has 0 aliphatic rings. The highest BCUT2D eigenvalue weighted by Gasteiger charge is 2.30. The number of ether oxygens (including phenoxy) is 1. The number of aliphatic hydroxyl groups excluding tert-OH is 1. The summed E-state index contributed by atoms with van der Waals surface area (Å²) < 4.78 is 46.7. The molecule has 0 spiro atoms. The number of hydrogen-bond donors (Lipinski definition) is 2. The van der Waals surface area contributed by atoms with E-state index in [4.69, 9.17) is 4.74 Å². The third-order valence-electron chi connectivity index (χ3n) is 5.76. The van der Waals surface area contributed by atoms with Gasteiger partial charge in [-0.1, -0.05) is 36.8 Å². The number of aliphatic hydroxyl groups is 1. The van der Waals surface area contributed by atoms with Crippen molar-refractivity contribution in [3.8, 4) is 0 Å². The van der Waals surface area contributed by atoms with E-state index < -0.39 is 34.0 Å². The van der Waals surface area contributed by atoms with Gasteiger partial charge in [-0.25, -0.2) is 17.6 Å². The Labute approximate surface area is 201 Å². The lowest BCUT2D eigenvalue weighted by Gasteiger charge is -2.34. The number of benzene rings is 2. The fourth-order valence-corrected chi connectivity index (χ4v) is 4.65. The summed E-state index contributed by atoms with van der Waals surface area (Å²) in [5.41, 5.74) is 0.985. The summed E-state index contributed by atoms with van der Waals surface area (Å²) in [7, 11) is -0.769. The normalized spacial score (nSPS) is 14.5. The molecular formula is C24H34FN3O5S. The molecule has 34 heavy (non-hydrogen) atoms. The molecule has 188 valence electrons. The lowest BCUT2D eigenvalue weighted by atomic mass is 10.0. The van der Waals surface area contributed by atoms with Gasteiger partial charge in [0.1, 0.15) is 5.82 Å². The quantitative estimate of drug-likeness (QED) is 0.498. The average molecular weight is 496 g/mol. The van der Waals surface area contributed by atoms with Crippen molar-refractivity contribution in [3.05, 3.63) is 59.9 Å². The molecule has 2 aromatic rings. The Morgan fingerprint density at radius 1 is 1.12 bits per heavy atom. The molecular weight excluding hydrogens is 461 g/mol. The van der Waals surface area contributed by atoms with Gasteiger partial charge in [-0.15, -0.1) is 0 Å². The van der Waals surface area contributed by atoms with E-state index >= 15 is 0 Å². The number of aryl methyl sites for hydroxylation is 1. The molecule has 2 rings (SSSR count). The van der Waals surface area contributed by atoms with Crippen LogP contribution in [-0.4, -0.2) is 74.8 Å². The van der Waals surface area contributed by atoms with Gasteiger partial charge < -0.3 is 20.1 Å². The molecule has 2 aromatic carbocycles. The Morgan fingerprint density at radius 2 is 1.74 bits per heavy atom. The van der Waals surface area contributed by atoms with Crippen LogP contribution in [0.5, 0.6) is 0 Å². The number of methoxy groups -OCH3 is 1. The number of amides is 2. The van der Waals surface area contributed by atoms with Crippen LogP contribution in [0, 0.1) is 18.7 Å². The predicted octanol–water partition coefficient (Wildman–Crippen LogP) is 3.32. The first-order valence-corrected chi connectivity index (χ1v) is 12.4. The first kappa shape index (κ1) is 27.7. The van der Waals surface area contributed by atoms with Gasteiger partial charge in [0.15, 0.2) is 0 Å². The van der Waals surface area contributed by atoms with E-state index in [9.17, 15) is 22.7 Å². The van der Waals surface area contributed by atoms with Crippen molar-refractivity contribution < 1.29 is 27.4 Å². The lowest BCUT2D eigenvalue weighted by molar-refractivity contribution is 0.0305. The van der Waals surface area contributed by atoms with Gasteiger partial charge in [0.25, 0.3) is 0 Å². The number of hydrogen-bond acceptors (Lipinski definition) is 5. The zero-order chi connectivity index (χ0) is 25.5. The highest BCUT2D eigenvalue weighted by atomic mass is 32.2. The Morgan fingerprint density at radius 3 is 2.29 bits per heavy atom. The first-order chi connectivity index (χ1) is 16.0. The fourth-order valence-electron chi connectivity index (χ4n) is 3.47. The van der Waals surface area contributed by atoms with Crippen LogP contribution >= 0.6 is 0 Å². The van der Waals surface area contributed by atoms with Gasteiger partial charge in [0.05, 0.1) is 29.3 Å². The summed E-state index contributed by atoms with van der Waals surface area (Å²) >= 11 is 0. The number of halogens is 1. The molecule has 0 fully saturated rings. The van der Waals surface area contributed by atoms with Gasteiger partial charge in [0.2, 0.25) is 10.0 Å². The van der Waals surface area contributed by atoms with Crippen LogP contribution < -0.4 is 5.32 Å². The van der Waals surface area contributed by atoms with Crippen LogP contribution in [0.4, 0.5) is 14.9 Å². The van der Waals surface area contributed by atoms with E-state index in [0.717, 1.165) is 5.56 Å². The molecule has 8 nitrogen and oxygen atoms in total. The van der Waals surface area contributed by atoms with Crippen molar-refractivity contribution in [2.24, 2.45) is 5.92 Å².